The fraction of sp³-hybridized carbons (Fsp3) is 0.316. The molecular formula is C19H20F2N2O2. The highest BCUT2D eigenvalue weighted by atomic mass is 19.2. The molecule has 1 amide bonds. The minimum absolute atomic E-state index is 0.183. The first-order valence-corrected chi connectivity index (χ1v) is 8.16. The maximum atomic E-state index is 13.3. The molecule has 1 aliphatic heterocycles. The predicted molar refractivity (Wildman–Crippen MR) is 90.5 cm³/mol. The van der Waals surface area contributed by atoms with Crippen LogP contribution in [0.3, 0.4) is 0 Å². The van der Waals surface area contributed by atoms with Gasteiger partial charge in [0.25, 0.3) is 5.91 Å². The maximum Gasteiger partial charge on any atom is 0.254 e. The first-order valence-electron chi connectivity index (χ1n) is 8.16. The van der Waals surface area contributed by atoms with Gasteiger partial charge in [0.15, 0.2) is 11.6 Å². The van der Waals surface area contributed by atoms with Gasteiger partial charge < -0.3 is 9.64 Å². The summed E-state index contributed by atoms with van der Waals surface area (Å²) < 4.78 is 31.4. The number of nitrogens with zero attached hydrogens (tertiary/aromatic N) is 2. The molecule has 0 aromatic heterocycles. The van der Waals surface area contributed by atoms with E-state index in [1.54, 1.807) is 12.0 Å². The molecule has 3 rings (SSSR count). The number of amides is 1. The molecule has 0 aliphatic carbocycles. The summed E-state index contributed by atoms with van der Waals surface area (Å²) in [7, 11) is 1.64. The second-order valence-electron chi connectivity index (χ2n) is 6.05. The molecule has 0 bridgehead atoms. The van der Waals surface area contributed by atoms with Gasteiger partial charge in [-0.15, -0.1) is 0 Å². The van der Waals surface area contributed by atoms with Crippen LogP contribution in [0, 0.1) is 11.6 Å². The highest BCUT2D eigenvalue weighted by Crippen LogP contribution is 2.16. The molecule has 0 spiro atoms. The van der Waals surface area contributed by atoms with Gasteiger partial charge in [0.1, 0.15) is 5.75 Å². The Kier molecular flexibility index (Phi) is 5.28. The zero-order chi connectivity index (χ0) is 17.8. The number of hydrogen-bond acceptors (Lipinski definition) is 3. The Labute approximate surface area is 145 Å². The molecule has 2 aromatic carbocycles. The van der Waals surface area contributed by atoms with E-state index in [4.69, 9.17) is 4.74 Å². The average molecular weight is 346 g/mol. The Morgan fingerprint density at radius 2 is 1.68 bits per heavy atom. The topological polar surface area (TPSA) is 32.8 Å². The smallest absolute Gasteiger partial charge is 0.254 e. The van der Waals surface area contributed by atoms with Crippen LogP contribution in [0.5, 0.6) is 5.75 Å². The quantitative estimate of drug-likeness (QED) is 0.853. The predicted octanol–water partition coefficient (Wildman–Crippen LogP) is 2.93. The Bertz CT molecular complexity index is 742. The molecule has 132 valence electrons. The molecule has 25 heavy (non-hydrogen) atoms. The summed E-state index contributed by atoms with van der Waals surface area (Å²) in [6, 6.07) is 11.2. The van der Waals surface area contributed by atoms with Crippen LogP contribution in [0.1, 0.15) is 15.9 Å². The van der Waals surface area contributed by atoms with Crippen molar-refractivity contribution in [3.8, 4) is 5.75 Å². The largest absolute Gasteiger partial charge is 0.497 e. The summed E-state index contributed by atoms with van der Waals surface area (Å²) in [6.45, 7) is 3.40. The Balaban J connectivity index is 1.55. The van der Waals surface area contributed by atoms with E-state index >= 15 is 0 Å². The lowest BCUT2D eigenvalue weighted by Gasteiger charge is -2.34. The van der Waals surface area contributed by atoms with Crippen LogP contribution in [0.25, 0.3) is 0 Å². The van der Waals surface area contributed by atoms with Gasteiger partial charge in [-0.1, -0.05) is 12.1 Å². The van der Waals surface area contributed by atoms with E-state index in [1.165, 1.54) is 11.6 Å². The van der Waals surface area contributed by atoms with Crippen LogP contribution < -0.4 is 4.74 Å². The molecule has 6 heteroatoms. The molecule has 0 unspecified atom stereocenters. The van der Waals surface area contributed by atoms with Gasteiger partial charge in [-0.3, -0.25) is 9.69 Å². The molecule has 2 aromatic rings. The number of rotatable bonds is 4. The Morgan fingerprint density at radius 3 is 2.28 bits per heavy atom. The molecule has 1 fully saturated rings. The lowest BCUT2D eigenvalue weighted by molar-refractivity contribution is 0.0628. The molecule has 1 heterocycles. The van der Waals surface area contributed by atoms with Crippen molar-refractivity contribution in [1.29, 1.82) is 0 Å². The SMILES string of the molecule is COc1ccc(CN2CCN(C(=O)c3ccc(F)c(F)c3)CC2)cc1. The number of carbonyl (C=O) groups is 1. The summed E-state index contributed by atoms with van der Waals surface area (Å²) in [5.74, 6) is -1.38. The number of carbonyl (C=O) groups excluding carboxylic acids is 1. The number of ether oxygens (including phenoxy) is 1. The highest BCUT2D eigenvalue weighted by Gasteiger charge is 2.22. The van der Waals surface area contributed by atoms with E-state index in [-0.39, 0.29) is 11.5 Å². The van der Waals surface area contributed by atoms with Crippen molar-refractivity contribution in [2.45, 2.75) is 6.54 Å². The summed E-state index contributed by atoms with van der Waals surface area (Å²) in [6.07, 6.45) is 0. The van der Waals surface area contributed by atoms with Crippen LogP contribution in [-0.2, 0) is 6.54 Å². The molecule has 1 aliphatic rings. The van der Waals surface area contributed by atoms with Crippen molar-refractivity contribution >= 4 is 5.91 Å². The third kappa shape index (κ3) is 4.14. The number of piperazine rings is 1. The van der Waals surface area contributed by atoms with Crippen LogP contribution >= 0.6 is 0 Å². The van der Waals surface area contributed by atoms with Crippen molar-refractivity contribution in [2.75, 3.05) is 33.3 Å². The van der Waals surface area contributed by atoms with Crippen LogP contribution in [-0.4, -0.2) is 49.0 Å². The van der Waals surface area contributed by atoms with Gasteiger partial charge in [0.2, 0.25) is 0 Å². The normalized spacial score (nSPS) is 15.2. The van der Waals surface area contributed by atoms with E-state index in [1.807, 2.05) is 24.3 Å². The van der Waals surface area contributed by atoms with Crippen molar-refractivity contribution in [3.05, 3.63) is 65.2 Å². The van der Waals surface area contributed by atoms with E-state index in [0.717, 1.165) is 37.5 Å². The average Bonchev–Trinajstić information content (AvgIpc) is 2.65. The van der Waals surface area contributed by atoms with Gasteiger partial charge in [-0.05, 0) is 35.9 Å². The third-order valence-electron chi connectivity index (χ3n) is 4.39. The molecule has 0 N–H and O–H groups in total. The number of hydrogen-bond donors (Lipinski definition) is 0. The lowest BCUT2D eigenvalue weighted by atomic mass is 10.1. The number of methoxy groups -OCH3 is 1. The minimum atomic E-state index is -0.996. The van der Waals surface area contributed by atoms with Crippen molar-refractivity contribution < 1.29 is 18.3 Å². The van der Waals surface area contributed by atoms with Crippen LogP contribution in [0.2, 0.25) is 0 Å². The van der Waals surface area contributed by atoms with Gasteiger partial charge >= 0.3 is 0 Å². The van der Waals surface area contributed by atoms with Crippen LogP contribution in [0.4, 0.5) is 8.78 Å². The van der Waals surface area contributed by atoms with Gasteiger partial charge in [0.05, 0.1) is 7.11 Å². The van der Waals surface area contributed by atoms with Crippen molar-refractivity contribution in [1.82, 2.24) is 9.80 Å². The molecular weight excluding hydrogens is 326 g/mol. The molecule has 4 nitrogen and oxygen atoms in total. The summed E-state index contributed by atoms with van der Waals surface area (Å²) in [5.41, 5.74) is 1.36. The fourth-order valence-electron chi connectivity index (χ4n) is 2.91. The van der Waals surface area contributed by atoms with E-state index in [9.17, 15) is 13.6 Å². The van der Waals surface area contributed by atoms with E-state index in [2.05, 4.69) is 4.90 Å². The number of benzene rings is 2. The third-order valence-corrected chi connectivity index (χ3v) is 4.39. The maximum absolute atomic E-state index is 13.3. The zero-order valence-electron chi connectivity index (χ0n) is 14.0. The molecule has 0 atom stereocenters. The van der Waals surface area contributed by atoms with Crippen LogP contribution in [0.15, 0.2) is 42.5 Å². The summed E-state index contributed by atoms with van der Waals surface area (Å²) >= 11 is 0. The Morgan fingerprint density at radius 1 is 1.00 bits per heavy atom. The monoisotopic (exact) mass is 346 g/mol. The standard InChI is InChI=1S/C19H20F2N2O2/c1-25-16-5-2-14(3-6-16)13-22-8-10-23(11-9-22)19(24)15-4-7-17(20)18(21)12-15/h2-7,12H,8-11,13H2,1H3. The Hall–Kier alpha value is -2.47. The van der Waals surface area contributed by atoms with Crippen molar-refractivity contribution in [3.63, 3.8) is 0 Å². The molecule has 1 saturated heterocycles. The van der Waals surface area contributed by atoms with E-state index < -0.39 is 11.6 Å². The second-order valence-corrected chi connectivity index (χ2v) is 6.05. The number of halogens is 2. The minimum Gasteiger partial charge on any atom is -0.497 e. The molecule has 0 radical (unpaired) electrons. The van der Waals surface area contributed by atoms with Gasteiger partial charge in [-0.2, -0.15) is 0 Å². The molecule has 0 saturated carbocycles. The summed E-state index contributed by atoms with van der Waals surface area (Å²) in [4.78, 5) is 16.3. The zero-order valence-corrected chi connectivity index (χ0v) is 14.0. The lowest BCUT2D eigenvalue weighted by Crippen LogP contribution is -2.48. The summed E-state index contributed by atoms with van der Waals surface area (Å²) in [5, 5.41) is 0. The highest BCUT2D eigenvalue weighted by molar-refractivity contribution is 5.94. The first kappa shape index (κ1) is 17.4. The van der Waals surface area contributed by atoms with E-state index in [0.29, 0.717) is 13.1 Å². The first-order chi connectivity index (χ1) is 12.1. The van der Waals surface area contributed by atoms with Gasteiger partial charge in [-0.25, -0.2) is 8.78 Å². The van der Waals surface area contributed by atoms with Gasteiger partial charge in [0, 0.05) is 38.3 Å². The second kappa shape index (κ2) is 7.61. The van der Waals surface area contributed by atoms with Crippen molar-refractivity contribution in [2.24, 2.45) is 0 Å². The fourth-order valence-corrected chi connectivity index (χ4v) is 2.91.